The Balaban J connectivity index is 1.92. The first-order valence-electron chi connectivity index (χ1n) is 6.89. The van der Waals surface area contributed by atoms with Gasteiger partial charge in [-0.2, -0.15) is 0 Å². The molecule has 0 heterocycles. The summed E-state index contributed by atoms with van der Waals surface area (Å²) in [6.45, 7) is 0.496. The van der Waals surface area contributed by atoms with Crippen LogP contribution in [-0.2, 0) is 4.79 Å². The zero-order valence-electron chi connectivity index (χ0n) is 11.0. The maximum absolute atomic E-state index is 11.9. The number of Topliss-reactive ketones (excluding diaryl/α,β-unsaturated/α-hetero) is 1. The molecule has 0 radical (unpaired) electrons. The van der Waals surface area contributed by atoms with Crippen LogP contribution in [0.2, 0.25) is 0 Å². The topological polar surface area (TPSA) is 65.8 Å². The van der Waals surface area contributed by atoms with E-state index in [1.807, 2.05) is 6.07 Å². The first-order valence-corrected chi connectivity index (χ1v) is 6.89. The van der Waals surface area contributed by atoms with Crippen LogP contribution in [0.4, 0.5) is 0 Å². The Hall–Kier alpha value is -1.80. The van der Waals surface area contributed by atoms with Gasteiger partial charge in [-0.3, -0.25) is 4.79 Å². The molecule has 0 bridgehead atoms. The summed E-state index contributed by atoms with van der Waals surface area (Å²) in [5.41, 5.74) is 9.58. The number of carbonyl (C=O) groups is 1. The van der Waals surface area contributed by atoms with Crippen molar-refractivity contribution in [1.82, 2.24) is 0 Å². The summed E-state index contributed by atoms with van der Waals surface area (Å²) in [6, 6.07) is 10.4. The second-order valence-electron chi connectivity index (χ2n) is 5.14. The van der Waals surface area contributed by atoms with Gasteiger partial charge in [0.15, 0.2) is 0 Å². The predicted octanol–water partition coefficient (Wildman–Crippen LogP) is 4.23. The maximum Gasteiger partial charge on any atom is 0.136 e. The van der Waals surface area contributed by atoms with Crippen molar-refractivity contribution in [3.05, 3.63) is 46.3 Å². The molecule has 1 aromatic carbocycles. The van der Waals surface area contributed by atoms with Crippen LogP contribution in [0.3, 0.4) is 0 Å². The first kappa shape index (κ1) is 13.6. The van der Waals surface area contributed by atoms with Crippen LogP contribution < -0.4 is 0 Å². The highest BCUT2D eigenvalue weighted by Gasteiger charge is 2.28. The molecule has 4 nitrogen and oxygen atoms in total. The summed E-state index contributed by atoms with van der Waals surface area (Å²) in [4.78, 5) is 14.7. The smallest absolute Gasteiger partial charge is 0.136 e. The molecule has 2 atom stereocenters. The third-order valence-electron chi connectivity index (χ3n) is 3.91. The number of hydrogen-bond donors (Lipinski definition) is 0. The van der Waals surface area contributed by atoms with Crippen molar-refractivity contribution in [2.45, 2.75) is 38.0 Å². The van der Waals surface area contributed by atoms with Gasteiger partial charge in [0.05, 0.1) is 0 Å². The van der Waals surface area contributed by atoms with Gasteiger partial charge < -0.3 is 0 Å². The van der Waals surface area contributed by atoms with Crippen LogP contribution in [0.1, 0.15) is 43.6 Å². The molecule has 19 heavy (non-hydrogen) atoms. The number of azide groups is 1. The molecule has 1 saturated carbocycles. The normalized spacial score (nSPS) is 22.8. The minimum absolute atomic E-state index is 0.146. The van der Waals surface area contributed by atoms with Crippen LogP contribution in [-0.4, -0.2) is 12.3 Å². The highest BCUT2D eigenvalue weighted by atomic mass is 16.1. The van der Waals surface area contributed by atoms with E-state index in [-0.39, 0.29) is 5.92 Å². The first-order chi connectivity index (χ1) is 9.31. The Bertz CT molecular complexity index is 466. The van der Waals surface area contributed by atoms with Crippen LogP contribution in [0.25, 0.3) is 10.4 Å². The SMILES string of the molecule is [N-]=[N+]=NCCC[C@H]1C[C@@H](c2ccccc2)CCC1=O. The van der Waals surface area contributed by atoms with E-state index < -0.39 is 0 Å². The quantitative estimate of drug-likeness (QED) is 0.337. The van der Waals surface area contributed by atoms with Crippen molar-refractivity contribution in [1.29, 1.82) is 0 Å². The van der Waals surface area contributed by atoms with E-state index >= 15 is 0 Å². The summed E-state index contributed by atoms with van der Waals surface area (Å²) in [6.07, 6.45) is 4.25. The minimum atomic E-state index is 0.146. The van der Waals surface area contributed by atoms with Gasteiger partial charge in [-0.25, -0.2) is 0 Å². The van der Waals surface area contributed by atoms with Crippen molar-refractivity contribution in [3.63, 3.8) is 0 Å². The summed E-state index contributed by atoms with van der Waals surface area (Å²) < 4.78 is 0. The van der Waals surface area contributed by atoms with E-state index in [2.05, 4.69) is 34.3 Å². The van der Waals surface area contributed by atoms with Gasteiger partial charge in [-0.1, -0.05) is 35.4 Å². The van der Waals surface area contributed by atoms with Crippen molar-refractivity contribution < 1.29 is 4.79 Å². The lowest BCUT2D eigenvalue weighted by Crippen LogP contribution is -2.24. The van der Waals surface area contributed by atoms with Gasteiger partial charge in [0.25, 0.3) is 0 Å². The van der Waals surface area contributed by atoms with E-state index in [9.17, 15) is 4.79 Å². The molecule has 100 valence electrons. The molecule has 0 aliphatic heterocycles. The van der Waals surface area contributed by atoms with Gasteiger partial charge in [0.2, 0.25) is 0 Å². The number of ketones is 1. The fraction of sp³-hybridized carbons (Fsp3) is 0.533. The highest BCUT2D eigenvalue weighted by Crippen LogP contribution is 2.36. The summed E-state index contributed by atoms with van der Waals surface area (Å²) in [5, 5.41) is 3.53. The van der Waals surface area contributed by atoms with Crippen LogP contribution >= 0.6 is 0 Å². The molecule has 0 N–H and O–H groups in total. The summed E-state index contributed by atoms with van der Waals surface area (Å²) in [7, 11) is 0. The van der Waals surface area contributed by atoms with Crippen LogP contribution in [0.5, 0.6) is 0 Å². The Morgan fingerprint density at radius 1 is 1.32 bits per heavy atom. The molecule has 1 aromatic rings. The Labute approximate surface area is 113 Å². The lowest BCUT2D eigenvalue weighted by Gasteiger charge is -2.28. The molecule has 0 spiro atoms. The van der Waals surface area contributed by atoms with Gasteiger partial charge >= 0.3 is 0 Å². The molecular weight excluding hydrogens is 238 g/mol. The predicted molar refractivity (Wildman–Crippen MR) is 74.8 cm³/mol. The lowest BCUT2D eigenvalue weighted by atomic mass is 9.75. The molecule has 1 aliphatic carbocycles. The second-order valence-corrected chi connectivity index (χ2v) is 5.14. The van der Waals surface area contributed by atoms with Gasteiger partial charge in [-0.05, 0) is 42.7 Å². The number of benzene rings is 1. The molecule has 2 rings (SSSR count). The largest absolute Gasteiger partial charge is 0.299 e. The van der Waals surface area contributed by atoms with E-state index in [0.717, 1.165) is 25.7 Å². The summed E-state index contributed by atoms with van der Waals surface area (Å²) >= 11 is 0. The van der Waals surface area contributed by atoms with Gasteiger partial charge in [0.1, 0.15) is 5.78 Å². The van der Waals surface area contributed by atoms with Gasteiger partial charge in [-0.15, -0.1) is 0 Å². The molecule has 0 saturated heterocycles. The average molecular weight is 257 g/mol. The Kier molecular flexibility index (Phi) is 4.99. The number of rotatable bonds is 5. The highest BCUT2D eigenvalue weighted by molar-refractivity contribution is 5.82. The number of nitrogens with zero attached hydrogens (tertiary/aromatic N) is 3. The Morgan fingerprint density at radius 2 is 2.11 bits per heavy atom. The summed E-state index contributed by atoms with van der Waals surface area (Å²) in [5.74, 6) is 1.03. The lowest BCUT2D eigenvalue weighted by molar-refractivity contribution is -0.125. The minimum Gasteiger partial charge on any atom is -0.299 e. The fourth-order valence-electron chi connectivity index (χ4n) is 2.87. The van der Waals surface area contributed by atoms with Crippen molar-refractivity contribution >= 4 is 5.78 Å². The van der Waals surface area contributed by atoms with Crippen molar-refractivity contribution in [3.8, 4) is 0 Å². The fourth-order valence-corrected chi connectivity index (χ4v) is 2.87. The zero-order valence-corrected chi connectivity index (χ0v) is 11.0. The monoisotopic (exact) mass is 257 g/mol. The standard InChI is InChI=1S/C15H19N3O/c16-18-17-10-4-7-14-11-13(8-9-15(14)19)12-5-2-1-3-6-12/h1-3,5-6,13-14H,4,7-11H2/t13-,14-/m0/s1. The molecule has 0 unspecified atom stereocenters. The van der Waals surface area contributed by atoms with Crippen molar-refractivity contribution in [2.75, 3.05) is 6.54 Å². The number of hydrogen-bond acceptors (Lipinski definition) is 2. The molecule has 1 fully saturated rings. The van der Waals surface area contributed by atoms with E-state index in [1.54, 1.807) is 0 Å². The third kappa shape index (κ3) is 3.83. The number of carbonyl (C=O) groups excluding carboxylic acids is 1. The second kappa shape index (κ2) is 6.95. The van der Waals surface area contributed by atoms with Crippen LogP contribution in [0, 0.1) is 5.92 Å². The van der Waals surface area contributed by atoms with E-state index in [1.165, 1.54) is 5.56 Å². The van der Waals surface area contributed by atoms with Gasteiger partial charge in [0, 0.05) is 23.8 Å². The maximum atomic E-state index is 11.9. The van der Waals surface area contributed by atoms with E-state index in [4.69, 9.17) is 5.53 Å². The zero-order chi connectivity index (χ0) is 13.5. The average Bonchev–Trinajstić information content (AvgIpc) is 2.46. The molecule has 1 aliphatic rings. The van der Waals surface area contributed by atoms with Crippen LogP contribution in [0.15, 0.2) is 35.4 Å². The third-order valence-corrected chi connectivity index (χ3v) is 3.91. The molecular formula is C15H19N3O. The van der Waals surface area contributed by atoms with E-state index in [0.29, 0.717) is 24.7 Å². The molecule has 0 aromatic heterocycles. The Morgan fingerprint density at radius 3 is 2.84 bits per heavy atom. The molecule has 4 heteroatoms. The molecule has 0 amide bonds. The van der Waals surface area contributed by atoms with Crippen molar-refractivity contribution in [2.24, 2.45) is 11.0 Å².